The first-order valence-electron chi connectivity index (χ1n) is 4.86. The lowest BCUT2D eigenvalue weighted by atomic mass is 10.2. The van der Waals surface area contributed by atoms with Gasteiger partial charge in [0.1, 0.15) is 10.9 Å². The zero-order valence-electron chi connectivity index (χ0n) is 8.88. The summed E-state index contributed by atoms with van der Waals surface area (Å²) in [5, 5.41) is 0.423. The van der Waals surface area contributed by atoms with Crippen LogP contribution in [0.5, 0.6) is 0 Å². The van der Waals surface area contributed by atoms with Crippen LogP contribution in [0.1, 0.15) is 33.6 Å². The van der Waals surface area contributed by atoms with Gasteiger partial charge in [0, 0.05) is 11.1 Å². The fraction of sp³-hybridized carbons (Fsp3) is 0.900. The summed E-state index contributed by atoms with van der Waals surface area (Å²) in [6, 6.07) is 0. The molecule has 0 saturated carbocycles. The molecule has 2 atom stereocenters. The van der Waals surface area contributed by atoms with Crippen molar-refractivity contribution in [3.05, 3.63) is 0 Å². The molecule has 2 nitrogen and oxygen atoms in total. The number of esters is 1. The minimum Gasteiger partial charge on any atom is -0.459 e. The lowest BCUT2D eigenvalue weighted by molar-refractivity contribution is -0.154. The van der Waals surface area contributed by atoms with Crippen LogP contribution in [0.15, 0.2) is 0 Å². The Labute approximate surface area is 94.7 Å². The second-order valence-corrected chi connectivity index (χ2v) is 6.33. The van der Waals surface area contributed by atoms with Crippen molar-refractivity contribution in [2.45, 2.75) is 49.7 Å². The number of hydrogen-bond donors (Lipinski definition) is 0. The lowest BCUT2D eigenvalue weighted by Crippen LogP contribution is -2.29. The SMILES string of the molecule is CC(C)(C)OC(=O)[C@H]1CC[C@H](CCl)S1. The average molecular weight is 237 g/mol. The minimum atomic E-state index is -0.378. The zero-order chi connectivity index (χ0) is 10.8. The third-order valence-corrected chi connectivity index (χ3v) is 4.05. The van der Waals surface area contributed by atoms with Crippen LogP contribution in [0.3, 0.4) is 0 Å². The van der Waals surface area contributed by atoms with Crippen molar-refractivity contribution in [2.75, 3.05) is 5.88 Å². The van der Waals surface area contributed by atoms with Crippen LogP contribution < -0.4 is 0 Å². The largest absolute Gasteiger partial charge is 0.459 e. The predicted octanol–water partition coefficient (Wildman–Crippen LogP) is 2.83. The van der Waals surface area contributed by atoms with Crippen molar-refractivity contribution in [1.29, 1.82) is 0 Å². The van der Waals surface area contributed by atoms with E-state index in [2.05, 4.69) is 0 Å². The Balaban J connectivity index is 2.40. The van der Waals surface area contributed by atoms with Gasteiger partial charge in [-0.2, -0.15) is 0 Å². The number of carbonyl (C=O) groups is 1. The van der Waals surface area contributed by atoms with E-state index < -0.39 is 0 Å². The molecule has 82 valence electrons. The van der Waals surface area contributed by atoms with E-state index >= 15 is 0 Å². The molecule has 0 unspecified atom stereocenters. The third kappa shape index (κ3) is 3.70. The molecule has 0 aromatic rings. The molecule has 0 aliphatic carbocycles. The standard InChI is InChI=1S/C10H17ClO2S/c1-10(2,3)13-9(12)8-5-4-7(6-11)14-8/h7-8H,4-6H2,1-3H3/t7-,8-/m1/s1. The number of hydrogen-bond acceptors (Lipinski definition) is 3. The number of thioether (sulfide) groups is 1. The van der Waals surface area contributed by atoms with Gasteiger partial charge in [-0.25, -0.2) is 0 Å². The normalized spacial score (nSPS) is 27.7. The zero-order valence-corrected chi connectivity index (χ0v) is 10.5. The van der Waals surface area contributed by atoms with E-state index in [4.69, 9.17) is 16.3 Å². The second-order valence-electron chi connectivity index (χ2n) is 4.51. The van der Waals surface area contributed by atoms with Gasteiger partial charge in [0.15, 0.2) is 0 Å². The van der Waals surface area contributed by atoms with E-state index in [1.165, 1.54) is 0 Å². The molecule has 1 fully saturated rings. The van der Waals surface area contributed by atoms with E-state index in [1.54, 1.807) is 11.8 Å². The molecule has 0 radical (unpaired) electrons. The van der Waals surface area contributed by atoms with E-state index in [0.29, 0.717) is 11.1 Å². The van der Waals surface area contributed by atoms with Crippen molar-refractivity contribution in [1.82, 2.24) is 0 Å². The summed E-state index contributed by atoms with van der Waals surface area (Å²) in [5.74, 6) is 0.541. The molecule has 0 N–H and O–H groups in total. The maximum Gasteiger partial charge on any atom is 0.319 e. The van der Waals surface area contributed by atoms with Crippen LogP contribution >= 0.6 is 23.4 Å². The molecule has 1 heterocycles. The van der Waals surface area contributed by atoms with Gasteiger partial charge in [0.05, 0.1) is 0 Å². The van der Waals surface area contributed by atoms with Crippen molar-refractivity contribution in [3.63, 3.8) is 0 Å². The monoisotopic (exact) mass is 236 g/mol. The van der Waals surface area contributed by atoms with Crippen molar-refractivity contribution >= 4 is 29.3 Å². The molecule has 0 amide bonds. The van der Waals surface area contributed by atoms with Gasteiger partial charge in [-0.15, -0.1) is 23.4 Å². The number of carbonyl (C=O) groups excluding carboxylic acids is 1. The van der Waals surface area contributed by atoms with E-state index in [9.17, 15) is 4.79 Å². The molecule has 1 rings (SSSR count). The van der Waals surface area contributed by atoms with Crippen LogP contribution in [0.4, 0.5) is 0 Å². The number of ether oxygens (including phenoxy) is 1. The molecule has 0 spiro atoms. The van der Waals surface area contributed by atoms with Crippen LogP contribution in [0, 0.1) is 0 Å². The van der Waals surface area contributed by atoms with Gasteiger partial charge in [-0.3, -0.25) is 4.79 Å². The summed E-state index contributed by atoms with van der Waals surface area (Å²) in [5.41, 5.74) is -0.378. The van der Waals surface area contributed by atoms with Crippen LogP contribution in [-0.2, 0) is 9.53 Å². The highest BCUT2D eigenvalue weighted by atomic mass is 35.5. The minimum absolute atomic E-state index is 0.00188. The summed E-state index contributed by atoms with van der Waals surface area (Å²) in [4.78, 5) is 11.6. The fourth-order valence-electron chi connectivity index (χ4n) is 1.36. The van der Waals surface area contributed by atoms with Crippen molar-refractivity contribution in [2.24, 2.45) is 0 Å². The molecular formula is C10H17ClO2S. The molecule has 1 saturated heterocycles. The Morgan fingerprint density at radius 3 is 2.57 bits per heavy atom. The van der Waals surface area contributed by atoms with Crippen LogP contribution in [0.2, 0.25) is 0 Å². The molecule has 1 aliphatic heterocycles. The third-order valence-electron chi connectivity index (χ3n) is 1.95. The van der Waals surface area contributed by atoms with E-state index in [1.807, 2.05) is 20.8 Å². The summed E-state index contributed by atoms with van der Waals surface area (Å²) < 4.78 is 5.31. The molecular weight excluding hydrogens is 220 g/mol. The molecule has 0 bridgehead atoms. The quantitative estimate of drug-likeness (QED) is 0.545. The van der Waals surface area contributed by atoms with Crippen LogP contribution in [0.25, 0.3) is 0 Å². The first-order chi connectivity index (χ1) is 6.42. The maximum absolute atomic E-state index is 11.6. The van der Waals surface area contributed by atoms with Gasteiger partial charge in [-0.1, -0.05) is 0 Å². The Hall–Kier alpha value is 0.110. The second kappa shape index (κ2) is 4.75. The smallest absolute Gasteiger partial charge is 0.319 e. The molecule has 14 heavy (non-hydrogen) atoms. The topological polar surface area (TPSA) is 26.3 Å². The van der Waals surface area contributed by atoms with Gasteiger partial charge in [0.2, 0.25) is 0 Å². The van der Waals surface area contributed by atoms with Crippen LogP contribution in [-0.4, -0.2) is 28.0 Å². The first kappa shape index (κ1) is 12.2. The molecule has 4 heteroatoms. The molecule has 0 aromatic heterocycles. The molecule has 1 aliphatic rings. The van der Waals surface area contributed by atoms with Gasteiger partial charge >= 0.3 is 5.97 Å². The average Bonchev–Trinajstić information content (AvgIpc) is 2.48. The Morgan fingerprint density at radius 2 is 2.14 bits per heavy atom. The van der Waals surface area contributed by atoms with Crippen molar-refractivity contribution in [3.8, 4) is 0 Å². The van der Waals surface area contributed by atoms with Gasteiger partial charge < -0.3 is 4.74 Å². The van der Waals surface area contributed by atoms with Gasteiger partial charge in [0.25, 0.3) is 0 Å². The number of rotatable bonds is 2. The van der Waals surface area contributed by atoms with Crippen molar-refractivity contribution < 1.29 is 9.53 Å². The Bertz CT molecular complexity index is 213. The lowest BCUT2D eigenvalue weighted by Gasteiger charge is -2.21. The number of halogens is 1. The summed E-state index contributed by atoms with van der Waals surface area (Å²) in [6.45, 7) is 5.68. The Morgan fingerprint density at radius 1 is 1.50 bits per heavy atom. The van der Waals surface area contributed by atoms with E-state index in [0.717, 1.165) is 12.8 Å². The predicted molar refractivity (Wildman–Crippen MR) is 61.0 cm³/mol. The first-order valence-corrected chi connectivity index (χ1v) is 6.34. The van der Waals surface area contributed by atoms with Gasteiger partial charge in [-0.05, 0) is 33.6 Å². The summed E-state index contributed by atoms with van der Waals surface area (Å²) in [6.07, 6.45) is 1.93. The summed E-state index contributed by atoms with van der Waals surface area (Å²) >= 11 is 7.39. The number of alkyl halides is 1. The highest BCUT2D eigenvalue weighted by Crippen LogP contribution is 2.35. The summed E-state index contributed by atoms with van der Waals surface area (Å²) in [7, 11) is 0. The fourth-order valence-corrected chi connectivity index (χ4v) is 2.97. The highest BCUT2D eigenvalue weighted by molar-refractivity contribution is 8.01. The Kier molecular flexibility index (Phi) is 4.14. The maximum atomic E-state index is 11.6. The molecule has 0 aromatic carbocycles. The highest BCUT2D eigenvalue weighted by Gasteiger charge is 2.33. The van der Waals surface area contributed by atoms with E-state index in [-0.39, 0.29) is 16.8 Å².